The lowest BCUT2D eigenvalue weighted by Gasteiger charge is -2.07. The van der Waals surface area contributed by atoms with Gasteiger partial charge in [0.2, 0.25) is 0 Å². The highest BCUT2D eigenvalue weighted by Crippen LogP contribution is 2.19. The van der Waals surface area contributed by atoms with Crippen LogP contribution >= 0.6 is 11.8 Å². The van der Waals surface area contributed by atoms with E-state index in [1.54, 1.807) is 37.3 Å². The Morgan fingerprint density at radius 2 is 2.09 bits per heavy atom. The number of non-ortho nitro benzene ring substituents is 1. The van der Waals surface area contributed by atoms with Crippen LogP contribution in [0.2, 0.25) is 0 Å². The van der Waals surface area contributed by atoms with Crippen LogP contribution in [0.5, 0.6) is 5.75 Å². The quantitative estimate of drug-likeness (QED) is 0.284. The van der Waals surface area contributed by atoms with Crippen LogP contribution in [0.3, 0.4) is 0 Å². The third kappa shape index (κ3) is 5.53. The number of hydrogen-bond acceptors (Lipinski definition) is 7. The van der Waals surface area contributed by atoms with Crippen molar-refractivity contribution in [2.75, 3.05) is 26.1 Å². The molecular formula is C14H18N4O4S. The zero-order chi connectivity index (χ0) is 16.5. The van der Waals surface area contributed by atoms with Gasteiger partial charge in [0.25, 0.3) is 5.69 Å². The molecule has 9 heteroatoms. The highest BCUT2D eigenvalue weighted by molar-refractivity contribution is 7.99. The maximum absolute atomic E-state index is 10.6. The fourth-order valence-corrected chi connectivity index (χ4v) is 2.63. The van der Waals surface area contributed by atoms with Crippen LogP contribution < -0.4 is 4.74 Å². The van der Waals surface area contributed by atoms with Gasteiger partial charge in [-0.3, -0.25) is 10.1 Å². The summed E-state index contributed by atoms with van der Waals surface area (Å²) < 4.78 is 12.5. The van der Waals surface area contributed by atoms with Crippen LogP contribution in [0.25, 0.3) is 0 Å². The Kier molecular flexibility index (Phi) is 6.82. The van der Waals surface area contributed by atoms with Crippen molar-refractivity contribution < 1.29 is 14.4 Å². The van der Waals surface area contributed by atoms with E-state index in [1.807, 2.05) is 4.57 Å². The van der Waals surface area contributed by atoms with Crippen LogP contribution in [-0.4, -0.2) is 45.8 Å². The molecule has 124 valence electrons. The summed E-state index contributed by atoms with van der Waals surface area (Å²) in [6.45, 7) is 1.89. The Morgan fingerprint density at radius 1 is 1.30 bits per heavy atom. The molecule has 0 fully saturated rings. The van der Waals surface area contributed by atoms with E-state index < -0.39 is 4.92 Å². The van der Waals surface area contributed by atoms with Crippen LogP contribution in [0.4, 0.5) is 5.69 Å². The molecule has 0 aliphatic heterocycles. The van der Waals surface area contributed by atoms with Crippen molar-refractivity contribution in [1.29, 1.82) is 0 Å². The van der Waals surface area contributed by atoms with Crippen molar-refractivity contribution in [2.45, 2.75) is 18.1 Å². The van der Waals surface area contributed by atoms with Crippen LogP contribution in [0.1, 0.15) is 6.42 Å². The van der Waals surface area contributed by atoms with E-state index in [0.29, 0.717) is 19.0 Å². The predicted molar refractivity (Wildman–Crippen MR) is 85.8 cm³/mol. The van der Waals surface area contributed by atoms with Crippen molar-refractivity contribution >= 4 is 17.4 Å². The number of rotatable bonds is 10. The van der Waals surface area contributed by atoms with Gasteiger partial charge in [-0.2, -0.15) is 0 Å². The number of aromatic nitrogens is 3. The van der Waals surface area contributed by atoms with E-state index in [-0.39, 0.29) is 5.69 Å². The average molecular weight is 338 g/mol. The minimum Gasteiger partial charge on any atom is -0.494 e. The van der Waals surface area contributed by atoms with Crippen LogP contribution in [-0.2, 0) is 11.3 Å². The zero-order valence-electron chi connectivity index (χ0n) is 12.8. The van der Waals surface area contributed by atoms with Crippen molar-refractivity contribution in [1.82, 2.24) is 14.8 Å². The first kappa shape index (κ1) is 17.2. The highest BCUT2D eigenvalue weighted by atomic mass is 32.2. The van der Waals surface area contributed by atoms with Crippen LogP contribution in [0, 0.1) is 10.1 Å². The van der Waals surface area contributed by atoms with Gasteiger partial charge in [0.1, 0.15) is 12.1 Å². The second-order valence-electron chi connectivity index (χ2n) is 4.60. The van der Waals surface area contributed by atoms with Gasteiger partial charge in [-0.05, 0) is 18.6 Å². The minimum absolute atomic E-state index is 0.0586. The summed E-state index contributed by atoms with van der Waals surface area (Å²) in [4.78, 5) is 10.1. The molecule has 0 spiro atoms. The second kappa shape index (κ2) is 9.11. The minimum atomic E-state index is -0.430. The van der Waals surface area contributed by atoms with Crippen molar-refractivity contribution in [3.63, 3.8) is 0 Å². The molecule has 0 saturated carbocycles. The standard InChI is InChI=1S/C14H18N4O4S/c1-21-9-7-17-11-15-16-14(17)23-10-2-8-22-13-5-3-12(4-6-13)18(19)20/h3-6,11H,2,7-10H2,1H3. The zero-order valence-corrected chi connectivity index (χ0v) is 13.6. The van der Waals surface area contributed by atoms with E-state index >= 15 is 0 Å². The summed E-state index contributed by atoms with van der Waals surface area (Å²) >= 11 is 1.61. The molecule has 0 unspecified atom stereocenters. The van der Waals surface area contributed by atoms with Gasteiger partial charge in [0.05, 0.1) is 18.1 Å². The maximum Gasteiger partial charge on any atom is 0.269 e. The van der Waals surface area contributed by atoms with Gasteiger partial charge in [-0.15, -0.1) is 10.2 Å². The molecule has 0 radical (unpaired) electrons. The molecule has 0 amide bonds. The smallest absolute Gasteiger partial charge is 0.269 e. The van der Waals surface area contributed by atoms with E-state index in [9.17, 15) is 10.1 Å². The van der Waals surface area contributed by atoms with Crippen molar-refractivity contribution in [3.05, 3.63) is 40.7 Å². The summed E-state index contributed by atoms with van der Waals surface area (Å²) in [7, 11) is 1.66. The molecule has 0 saturated heterocycles. The molecule has 0 bridgehead atoms. The molecule has 1 aromatic carbocycles. The maximum atomic E-state index is 10.6. The lowest BCUT2D eigenvalue weighted by atomic mass is 10.3. The Bertz CT molecular complexity index is 617. The molecule has 0 aliphatic carbocycles. The summed E-state index contributed by atoms with van der Waals surface area (Å²) in [6, 6.07) is 6.07. The largest absolute Gasteiger partial charge is 0.494 e. The van der Waals surface area contributed by atoms with Gasteiger partial charge in [-0.1, -0.05) is 11.8 Å². The average Bonchev–Trinajstić information content (AvgIpc) is 3.00. The van der Waals surface area contributed by atoms with Gasteiger partial charge in [0, 0.05) is 31.5 Å². The third-order valence-electron chi connectivity index (χ3n) is 2.95. The molecule has 0 aliphatic rings. The normalized spacial score (nSPS) is 10.7. The Morgan fingerprint density at radius 3 is 2.78 bits per heavy atom. The second-order valence-corrected chi connectivity index (χ2v) is 5.66. The molecular weight excluding hydrogens is 320 g/mol. The van der Waals surface area contributed by atoms with Crippen molar-refractivity contribution in [3.8, 4) is 5.75 Å². The molecule has 0 atom stereocenters. The predicted octanol–water partition coefficient (Wildman–Crippen LogP) is 2.39. The fourth-order valence-electron chi connectivity index (χ4n) is 1.78. The summed E-state index contributed by atoms with van der Waals surface area (Å²) in [5.41, 5.74) is 0.0586. The Hall–Kier alpha value is -2.13. The number of methoxy groups -OCH3 is 1. The number of ether oxygens (including phenoxy) is 2. The molecule has 8 nitrogen and oxygen atoms in total. The SMILES string of the molecule is COCCn1cnnc1SCCCOc1ccc([N+](=O)[O-])cc1. The summed E-state index contributed by atoms with van der Waals surface area (Å²) in [5.74, 6) is 1.47. The summed E-state index contributed by atoms with van der Waals surface area (Å²) in [5, 5.41) is 19.4. The highest BCUT2D eigenvalue weighted by Gasteiger charge is 2.06. The number of hydrogen-bond donors (Lipinski definition) is 0. The monoisotopic (exact) mass is 338 g/mol. The first-order chi connectivity index (χ1) is 11.2. The van der Waals surface area contributed by atoms with Gasteiger partial charge in [-0.25, -0.2) is 0 Å². The number of thioether (sulfide) groups is 1. The fraction of sp³-hybridized carbons (Fsp3) is 0.429. The van der Waals surface area contributed by atoms with Gasteiger partial charge < -0.3 is 14.0 Å². The van der Waals surface area contributed by atoms with Gasteiger partial charge in [0.15, 0.2) is 5.16 Å². The van der Waals surface area contributed by atoms with Gasteiger partial charge >= 0.3 is 0 Å². The molecule has 2 rings (SSSR count). The van der Waals surface area contributed by atoms with E-state index in [4.69, 9.17) is 9.47 Å². The lowest BCUT2D eigenvalue weighted by Crippen LogP contribution is -2.05. The van der Waals surface area contributed by atoms with E-state index in [1.165, 1.54) is 12.1 Å². The molecule has 2 aromatic rings. The first-order valence-corrected chi connectivity index (χ1v) is 8.06. The number of nitro groups is 1. The first-order valence-electron chi connectivity index (χ1n) is 7.07. The topological polar surface area (TPSA) is 92.3 Å². The number of nitrogens with zero attached hydrogens (tertiary/aromatic N) is 4. The molecule has 23 heavy (non-hydrogen) atoms. The third-order valence-corrected chi connectivity index (χ3v) is 4.02. The summed E-state index contributed by atoms with van der Waals surface area (Å²) in [6.07, 6.45) is 2.52. The van der Waals surface area contributed by atoms with E-state index in [2.05, 4.69) is 10.2 Å². The number of nitro benzene ring substituents is 1. The Balaban J connectivity index is 1.67. The molecule has 1 aromatic heterocycles. The van der Waals surface area contributed by atoms with Crippen molar-refractivity contribution in [2.24, 2.45) is 0 Å². The van der Waals surface area contributed by atoms with E-state index in [0.717, 1.165) is 23.9 Å². The lowest BCUT2D eigenvalue weighted by molar-refractivity contribution is -0.384. The molecule has 0 N–H and O–H groups in total. The number of benzene rings is 1. The van der Waals surface area contributed by atoms with Crippen LogP contribution in [0.15, 0.2) is 35.7 Å². The molecule has 1 heterocycles. The Labute approximate surface area is 138 Å².